The number of hydrogen-bond acceptors (Lipinski definition) is 4. The molecule has 3 aromatic carbocycles. The molecule has 0 spiro atoms. The topological polar surface area (TPSA) is 67.2 Å². The summed E-state index contributed by atoms with van der Waals surface area (Å²) in [7, 11) is 1.60. The second-order valence-electron chi connectivity index (χ2n) is 7.46. The fourth-order valence-corrected chi connectivity index (χ4v) is 3.62. The summed E-state index contributed by atoms with van der Waals surface area (Å²) < 4.78 is 1.29. The van der Waals surface area contributed by atoms with Gasteiger partial charge >= 0.3 is 0 Å². The first-order valence-corrected chi connectivity index (χ1v) is 10.2. The summed E-state index contributed by atoms with van der Waals surface area (Å²) in [6, 6.07) is 27.3. The Hall–Kier alpha value is -3.77. The van der Waals surface area contributed by atoms with Crippen molar-refractivity contribution in [1.82, 2.24) is 20.2 Å². The highest BCUT2D eigenvalue weighted by atomic mass is 16.2. The van der Waals surface area contributed by atoms with Crippen LogP contribution >= 0.6 is 0 Å². The van der Waals surface area contributed by atoms with Crippen LogP contribution in [0.2, 0.25) is 0 Å². The molecule has 0 radical (unpaired) electrons. The van der Waals surface area contributed by atoms with E-state index in [2.05, 4.69) is 10.5 Å². The molecule has 1 amide bonds. The third-order valence-electron chi connectivity index (χ3n) is 5.08. The molecule has 6 heteroatoms. The Morgan fingerprint density at radius 3 is 1.94 bits per heavy atom. The minimum absolute atomic E-state index is 0.0781. The molecule has 4 aromatic rings. The van der Waals surface area contributed by atoms with E-state index in [4.69, 9.17) is 0 Å². The summed E-state index contributed by atoms with van der Waals surface area (Å²) in [6.45, 7) is 1.14. The Bertz CT molecular complexity index is 1200. The van der Waals surface area contributed by atoms with Crippen LogP contribution in [-0.4, -0.2) is 20.7 Å². The van der Waals surface area contributed by atoms with E-state index in [1.807, 2.05) is 83.9 Å². The number of rotatable bonds is 7. The molecule has 1 N–H and O–H groups in total. The number of hydrazine groups is 1. The summed E-state index contributed by atoms with van der Waals surface area (Å²) in [6.07, 6.45) is 0.0781. The molecule has 0 bridgehead atoms. The van der Waals surface area contributed by atoms with Gasteiger partial charge in [0.15, 0.2) is 0 Å². The number of nitrogens with one attached hydrogen (secondary N) is 1. The van der Waals surface area contributed by atoms with Gasteiger partial charge in [-0.15, -0.1) is 0 Å². The van der Waals surface area contributed by atoms with E-state index in [0.29, 0.717) is 29.6 Å². The smallest absolute Gasteiger partial charge is 0.274 e. The third-order valence-corrected chi connectivity index (χ3v) is 5.08. The van der Waals surface area contributed by atoms with Crippen LogP contribution in [-0.2, 0) is 31.4 Å². The lowest BCUT2D eigenvalue weighted by molar-refractivity contribution is -0.125. The summed E-state index contributed by atoms with van der Waals surface area (Å²) in [5, 5.41) is 7.51. The molecule has 0 unspecified atom stereocenters. The van der Waals surface area contributed by atoms with Gasteiger partial charge < -0.3 is 0 Å². The molecule has 0 aliphatic rings. The van der Waals surface area contributed by atoms with Gasteiger partial charge in [0.2, 0.25) is 5.91 Å². The van der Waals surface area contributed by atoms with Crippen molar-refractivity contribution >= 4 is 16.7 Å². The quantitative estimate of drug-likeness (QED) is 0.474. The average molecular weight is 412 g/mol. The van der Waals surface area contributed by atoms with E-state index in [1.165, 1.54) is 4.68 Å². The highest BCUT2D eigenvalue weighted by molar-refractivity contribution is 5.88. The summed E-state index contributed by atoms with van der Waals surface area (Å²) >= 11 is 0. The Labute approximate surface area is 180 Å². The van der Waals surface area contributed by atoms with E-state index in [1.54, 1.807) is 13.1 Å². The maximum absolute atomic E-state index is 13.0. The first-order valence-electron chi connectivity index (χ1n) is 10.2. The Kier molecular flexibility index (Phi) is 6.19. The summed E-state index contributed by atoms with van der Waals surface area (Å²) in [5.41, 5.74) is 5.64. The number of amides is 1. The van der Waals surface area contributed by atoms with Gasteiger partial charge in [0.1, 0.15) is 0 Å². The first kappa shape index (κ1) is 20.5. The van der Waals surface area contributed by atoms with E-state index < -0.39 is 0 Å². The van der Waals surface area contributed by atoms with Crippen molar-refractivity contribution < 1.29 is 4.79 Å². The van der Waals surface area contributed by atoms with Crippen molar-refractivity contribution in [3.05, 3.63) is 112 Å². The number of fused-ring (bicyclic) bond motifs is 1. The first-order chi connectivity index (χ1) is 15.1. The second kappa shape index (κ2) is 9.36. The standard InChI is InChI=1S/C25H24N4O2/c1-28-25(31)22-15-9-8-14-21(22)23(26-28)16-24(30)27-29(17-19-10-4-2-5-11-19)18-20-12-6-3-7-13-20/h2-15H,16-18H2,1H3,(H,27,30). The molecule has 0 saturated carbocycles. The van der Waals surface area contributed by atoms with Crippen molar-refractivity contribution in [3.8, 4) is 0 Å². The molecule has 4 rings (SSSR count). The van der Waals surface area contributed by atoms with Crippen LogP contribution < -0.4 is 11.0 Å². The Balaban J connectivity index is 1.55. The molecular weight excluding hydrogens is 388 g/mol. The molecule has 31 heavy (non-hydrogen) atoms. The van der Waals surface area contributed by atoms with Gasteiger partial charge in [-0.25, -0.2) is 9.69 Å². The van der Waals surface area contributed by atoms with Crippen molar-refractivity contribution in [1.29, 1.82) is 0 Å². The van der Waals surface area contributed by atoms with Crippen LogP contribution in [0.25, 0.3) is 10.8 Å². The van der Waals surface area contributed by atoms with Crippen LogP contribution in [0.4, 0.5) is 0 Å². The maximum Gasteiger partial charge on any atom is 0.274 e. The molecule has 1 heterocycles. The van der Waals surface area contributed by atoms with Gasteiger partial charge in [-0.3, -0.25) is 15.0 Å². The van der Waals surface area contributed by atoms with Crippen LogP contribution in [0, 0.1) is 0 Å². The van der Waals surface area contributed by atoms with Gasteiger partial charge in [0.05, 0.1) is 17.5 Å². The molecular formula is C25H24N4O2. The monoisotopic (exact) mass is 412 g/mol. The van der Waals surface area contributed by atoms with Crippen molar-refractivity contribution in [2.45, 2.75) is 19.5 Å². The zero-order valence-corrected chi connectivity index (χ0v) is 17.4. The zero-order chi connectivity index (χ0) is 21.6. The fraction of sp³-hybridized carbons (Fsp3) is 0.160. The number of aryl methyl sites for hydroxylation is 1. The lowest BCUT2D eigenvalue weighted by Gasteiger charge is -2.23. The highest BCUT2D eigenvalue weighted by Crippen LogP contribution is 2.14. The third kappa shape index (κ3) is 5.05. The minimum Gasteiger partial charge on any atom is -0.288 e. The Morgan fingerprint density at radius 1 is 0.839 bits per heavy atom. The molecule has 156 valence electrons. The number of carbonyl (C=O) groups excluding carboxylic acids is 1. The summed E-state index contributed by atoms with van der Waals surface area (Å²) in [4.78, 5) is 25.3. The second-order valence-corrected chi connectivity index (χ2v) is 7.46. The maximum atomic E-state index is 13.0. The average Bonchev–Trinajstić information content (AvgIpc) is 2.78. The predicted octanol–water partition coefficient (Wildman–Crippen LogP) is 3.21. The van der Waals surface area contributed by atoms with Gasteiger partial charge in [0.25, 0.3) is 5.56 Å². The molecule has 0 saturated heterocycles. The molecule has 0 aliphatic carbocycles. The minimum atomic E-state index is -0.178. The van der Waals surface area contributed by atoms with Gasteiger partial charge in [0, 0.05) is 25.5 Å². The van der Waals surface area contributed by atoms with Crippen molar-refractivity contribution in [2.75, 3.05) is 0 Å². The van der Waals surface area contributed by atoms with Crippen LogP contribution in [0.5, 0.6) is 0 Å². The highest BCUT2D eigenvalue weighted by Gasteiger charge is 2.15. The number of aromatic nitrogens is 2. The van der Waals surface area contributed by atoms with E-state index in [-0.39, 0.29) is 17.9 Å². The van der Waals surface area contributed by atoms with Crippen molar-refractivity contribution in [3.63, 3.8) is 0 Å². The fourth-order valence-electron chi connectivity index (χ4n) is 3.62. The van der Waals surface area contributed by atoms with Gasteiger partial charge in [-0.05, 0) is 17.2 Å². The number of carbonyl (C=O) groups is 1. The van der Waals surface area contributed by atoms with E-state index >= 15 is 0 Å². The lowest BCUT2D eigenvalue weighted by Crippen LogP contribution is -2.42. The number of nitrogens with zero attached hydrogens (tertiary/aromatic N) is 3. The molecule has 0 atom stereocenters. The van der Waals surface area contributed by atoms with Crippen molar-refractivity contribution in [2.24, 2.45) is 7.05 Å². The number of hydrogen-bond donors (Lipinski definition) is 1. The molecule has 6 nitrogen and oxygen atoms in total. The van der Waals surface area contributed by atoms with E-state index in [0.717, 1.165) is 11.1 Å². The SMILES string of the molecule is Cn1nc(CC(=O)NN(Cc2ccccc2)Cc2ccccc2)c2ccccc2c1=O. The largest absolute Gasteiger partial charge is 0.288 e. The van der Waals surface area contributed by atoms with Crippen LogP contribution in [0.1, 0.15) is 16.8 Å². The van der Waals surface area contributed by atoms with Crippen LogP contribution in [0.3, 0.4) is 0 Å². The molecule has 0 aliphatic heterocycles. The molecule has 0 fully saturated rings. The Morgan fingerprint density at radius 2 is 1.35 bits per heavy atom. The predicted molar refractivity (Wildman–Crippen MR) is 121 cm³/mol. The molecule has 1 aromatic heterocycles. The lowest BCUT2D eigenvalue weighted by atomic mass is 10.1. The van der Waals surface area contributed by atoms with E-state index in [9.17, 15) is 9.59 Å². The normalized spacial score (nSPS) is 11.0. The van der Waals surface area contributed by atoms with Crippen LogP contribution in [0.15, 0.2) is 89.7 Å². The zero-order valence-electron chi connectivity index (χ0n) is 17.4. The summed E-state index contributed by atoms with van der Waals surface area (Å²) in [5.74, 6) is -0.178. The van der Waals surface area contributed by atoms with Gasteiger partial charge in [-0.2, -0.15) is 5.10 Å². The number of benzene rings is 3. The van der Waals surface area contributed by atoms with Gasteiger partial charge in [-0.1, -0.05) is 78.9 Å².